The number of nitrogens with one attached hydrogen (secondary N) is 1. The summed E-state index contributed by atoms with van der Waals surface area (Å²) in [7, 11) is 0. The number of halogens is 1. The number of hydrogen-bond donors (Lipinski definition) is 1. The minimum atomic E-state index is -0.317. The lowest BCUT2D eigenvalue weighted by Gasteiger charge is -2.13. The van der Waals surface area contributed by atoms with Gasteiger partial charge >= 0.3 is 0 Å². The topological polar surface area (TPSA) is 66.5 Å². The minimum Gasteiger partial charge on any atom is -0.354 e. The zero-order chi connectivity index (χ0) is 14.5. The lowest BCUT2D eigenvalue weighted by molar-refractivity contribution is -0.142. The van der Waals surface area contributed by atoms with Gasteiger partial charge in [-0.15, -0.1) is 0 Å². The molecule has 1 aromatic rings. The van der Waals surface area contributed by atoms with Gasteiger partial charge in [-0.25, -0.2) is 0 Å². The van der Waals surface area contributed by atoms with E-state index in [9.17, 15) is 14.4 Å². The number of imide groups is 1. The van der Waals surface area contributed by atoms with Crippen molar-refractivity contribution in [1.29, 1.82) is 0 Å². The Bertz CT molecular complexity index is 512. The number of nitrogens with zero attached hydrogens (tertiary/aromatic N) is 1. The molecule has 0 radical (unpaired) electrons. The largest absolute Gasteiger partial charge is 0.354 e. The summed E-state index contributed by atoms with van der Waals surface area (Å²) in [6.07, 6.45) is 1.08. The van der Waals surface area contributed by atoms with E-state index in [0.717, 1.165) is 10.5 Å². The summed E-state index contributed by atoms with van der Waals surface area (Å²) in [6.45, 7) is 0.273. The van der Waals surface area contributed by atoms with E-state index in [1.54, 1.807) is 12.1 Å². The Labute approximate surface area is 121 Å². The molecule has 6 heteroatoms. The second kappa shape index (κ2) is 6.52. The van der Waals surface area contributed by atoms with Crippen LogP contribution < -0.4 is 5.32 Å². The van der Waals surface area contributed by atoms with Gasteiger partial charge in [-0.1, -0.05) is 23.7 Å². The van der Waals surface area contributed by atoms with Crippen LogP contribution in [0.1, 0.15) is 18.4 Å². The number of benzene rings is 1. The maximum Gasteiger partial charge on any atom is 0.240 e. The third kappa shape index (κ3) is 3.81. The second-order valence-corrected chi connectivity index (χ2v) is 5.04. The number of amides is 3. The molecule has 0 aliphatic carbocycles. The van der Waals surface area contributed by atoms with Crippen molar-refractivity contribution >= 4 is 29.3 Å². The molecule has 0 aromatic heterocycles. The molecule has 1 heterocycles. The first kappa shape index (κ1) is 14.5. The highest BCUT2D eigenvalue weighted by molar-refractivity contribution is 6.30. The fraction of sp³-hybridized carbons (Fsp3) is 0.357. The number of carbonyl (C=O) groups excluding carboxylic acids is 3. The summed E-state index contributed by atoms with van der Waals surface area (Å²) in [5.74, 6) is -0.867. The predicted octanol–water partition coefficient (Wildman–Crippen LogP) is 1.15. The molecule has 2 rings (SSSR count). The van der Waals surface area contributed by atoms with E-state index in [1.165, 1.54) is 0 Å². The fourth-order valence-electron chi connectivity index (χ4n) is 2.00. The van der Waals surface area contributed by atoms with Gasteiger partial charge in [-0.3, -0.25) is 19.3 Å². The average molecular weight is 295 g/mol. The average Bonchev–Trinajstić information content (AvgIpc) is 2.73. The predicted molar refractivity (Wildman–Crippen MR) is 74.1 cm³/mol. The molecule has 3 amide bonds. The Hall–Kier alpha value is -1.88. The normalized spacial score (nSPS) is 14.8. The van der Waals surface area contributed by atoms with Crippen LogP contribution in [0.4, 0.5) is 0 Å². The number of carbonyl (C=O) groups is 3. The first-order valence-electron chi connectivity index (χ1n) is 6.40. The fourth-order valence-corrected chi connectivity index (χ4v) is 2.12. The molecule has 1 aliphatic heterocycles. The van der Waals surface area contributed by atoms with E-state index in [4.69, 9.17) is 11.6 Å². The lowest BCUT2D eigenvalue weighted by atomic mass is 10.1. The van der Waals surface area contributed by atoms with Gasteiger partial charge in [0.15, 0.2) is 0 Å². The molecule has 106 valence electrons. The van der Waals surface area contributed by atoms with Gasteiger partial charge in [0, 0.05) is 24.4 Å². The zero-order valence-electron chi connectivity index (χ0n) is 10.9. The van der Waals surface area contributed by atoms with Gasteiger partial charge in [0.1, 0.15) is 6.54 Å². The van der Waals surface area contributed by atoms with E-state index in [2.05, 4.69) is 5.32 Å². The van der Waals surface area contributed by atoms with Crippen LogP contribution in [0.5, 0.6) is 0 Å². The highest BCUT2D eigenvalue weighted by Crippen LogP contribution is 2.11. The molecule has 1 aliphatic rings. The summed E-state index contributed by atoms with van der Waals surface area (Å²) in [4.78, 5) is 35.4. The monoisotopic (exact) mass is 294 g/mol. The van der Waals surface area contributed by atoms with Gasteiger partial charge in [0.2, 0.25) is 17.7 Å². The number of hydrogen-bond acceptors (Lipinski definition) is 3. The molecule has 5 nitrogen and oxygen atoms in total. The van der Waals surface area contributed by atoms with Crippen molar-refractivity contribution in [3.05, 3.63) is 34.9 Å². The van der Waals surface area contributed by atoms with Crippen LogP contribution in [0.15, 0.2) is 24.3 Å². The van der Waals surface area contributed by atoms with Crippen molar-refractivity contribution in [2.45, 2.75) is 19.3 Å². The SMILES string of the molecule is O=C(CN1C(=O)CCC1=O)NCCc1ccc(Cl)cc1. The zero-order valence-corrected chi connectivity index (χ0v) is 11.7. The number of rotatable bonds is 5. The third-order valence-corrected chi connectivity index (χ3v) is 3.36. The van der Waals surface area contributed by atoms with Gasteiger partial charge in [-0.05, 0) is 24.1 Å². The van der Waals surface area contributed by atoms with Gasteiger partial charge < -0.3 is 5.32 Å². The second-order valence-electron chi connectivity index (χ2n) is 4.60. The van der Waals surface area contributed by atoms with Crippen molar-refractivity contribution in [3.63, 3.8) is 0 Å². The number of likely N-dealkylation sites (tertiary alicyclic amines) is 1. The van der Waals surface area contributed by atoms with Crippen molar-refractivity contribution in [1.82, 2.24) is 10.2 Å². The Balaban J connectivity index is 1.74. The maximum atomic E-state index is 11.7. The summed E-state index contributed by atoms with van der Waals surface area (Å²) in [6, 6.07) is 7.37. The van der Waals surface area contributed by atoms with Crippen LogP contribution in [0.3, 0.4) is 0 Å². The molecule has 0 saturated carbocycles. The Morgan fingerprint density at radius 3 is 2.35 bits per heavy atom. The Morgan fingerprint density at radius 2 is 1.75 bits per heavy atom. The highest BCUT2D eigenvalue weighted by atomic mass is 35.5. The van der Waals surface area contributed by atoms with E-state index < -0.39 is 0 Å². The molecule has 0 bridgehead atoms. The molecule has 0 unspecified atom stereocenters. The van der Waals surface area contributed by atoms with Gasteiger partial charge in [0.25, 0.3) is 0 Å². The van der Waals surface area contributed by atoms with Gasteiger partial charge in [0.05, 0.1) is 0 Å². The first-order valence-corrected chi connectivity index (χ1v) is 6.78. The van der Waals surface area contributed by atoms with Crippen LogP contribution in [-0.4, -0.2) is 35.7 Å². The maximum absolute atomic E-state index is 11.7. The summed E-state index contributed by atoms with van der Waals surface area (Å²) in [5.41, 5.74) is 1.06. The molecule has 1 saturated heterocycles. The van der Waals surface area contributed by atoms with Crippen molar-refractivity contribution in [2.75, 3.05) is 13.1 Å². The van der Waals surface area contributed by atoms with E-state index >= 15 is 0 Å². The Morgan fingerprint density at radius 1 is 1.15 bits per heavy atom. The molecule has 20 heavy (non-hydrogen) atoms. The summed E-state index contributed by atoms with van der Waals surface area (Å²) in [5, 5.41) is 3.37. The molecular weight excluding hydrogens is 280 g/mol. The molecule has 0 atom stereocenters. The Kier molecular flexibility index (Phi) is 4.74. The molecule has 1 N–H and O–H groups in total. The van der Waals surface area contributed by atoms with Crippen LogP contribution in [0.2, 0.25) is 5.02 Å². The van der Waals surface area contributed by atoms with Crippen molar-refractivity contribution < 1.29 is 14.4 Å². The van der Waals surface area contributed by atoms with Crippen LogP contribution in [0.25, 0.3) is 0 Å². The quantitative estimate of drug-likeness (QED) is 0.828. The third-order valence-electron chi connectivity index (χ3n) is 3.11. The standard InChI is InChI=1S/C14H15ClN2O3/c15-11-3-1-10(2-4-11)7-8-16-12(18)9-17-13(19)5-6-14(17)20/h1-4H,5-9H2,(H,16,18). The van der Waals surface area contributed by atoms with Crippen LogP contribution in [0, 0.1) is 0 Å². The van der Waals surface area contributed by atoms with Gasteiger partial charge in [-0.2, -0.15) is 0 Å². The van der Waals surface area contributed by atoms with E-state index in [1.807, 2.05) is 12.1 Å². The van der Waals surface area contributed by atoms with E-state index in [-0.39, 0.29) is 37.1 Å². The first-order chi connectivity index (χ1) is 9.56. The lowest BCUT2D eigenvalue weighted by Crippen LogP contribution is -2.40. The molecule has 1 aromatic carbocycles. The smallest absolute Gasteiger partial charge is 0.240 e. The molecule has 0 spiro atoms. The van der Waals surface area contributed by atoms with E-state index in [0.29, 0.717) is 18.0 Å². The van der Waals surface area contributed by atoms with Crippen LogP contribution >= 0.6 is 11.6 Å². The summed E-state index contributed by atoms with van der Waals surface area (Å²) >= 11 is 5.78. The van der Waals surface area contributed by atoms with Crippen molar-refractivity contribution in [3.8, 4) is 0 Å². The molecular formula is C14H15ClN2O3. The summed E-state index contributed by atoms with van der Waals surface area (Å²) < 4.78 is 0. The minimum absolute atomic E-state index is 0.182. The molecule has 1 fully saturated rings. The highest BCUT2D eigenvalue weighted by Gasteiger charge is 2.30. The van der Waals surface area contributed by atoms with Crippen molar-refractivity contribution in [2.24, 2.45) is 0 Å². The van der Waals surface area contributed by atoms with Crippen LogP contribution in [-0.2, 0) is 20.8 Å².